The highest BCUT2D eigenvalue weighted by Gasteiger charge is 2.27. The van der Waals surface area contributed by atoms with E-state index >= 15 is 0 Å². The highest BCUT2D eigenvalue weighted by molar-refractivity contribution is 6.00. The van der Waals surface area contributed by atoms with Crippen molar-refractivity contribution in [1.29, 1.82) is 0 Å². The van der Waals surface area contributed by atoms with E-state index in [2.05, 4.69) is 29.5 Å². The first-order valence-electron chi connectivity index (χ1n) is 13.1. The van der Waals surface area contributed by atoms with Gasteiger partial charge in [0.1, 0.15) is 5.75 Å². The van der Waals surface area contributed by atoms with Crippen LogP contribution in [0.15, 0.2) is 48.8 Å². The Bertz CT molecular complexity index is 1220. The van der Waals surface area contributed by atoms with Crippen LogP contribution in [0.1, 0.15) is 61.4 Å². The van der Waals surface area contributed by atoms with Crippen molar-refractivity contribution >= 4 is 23.1 Å². The van der Waals surface area contributed by atoms with E-state index in [0.717, 1.165) is 44.3 Å². The number of urea groups is 1. The second-order valence-corrected chi connectivity index (χ2v) is 9.94. The molecule has 36 heavy (non-hydrogen) atoms. The van der Waals surface area contributed by atoms with Gasteiger partial charge in [-0.15, -0.1) is 0 Å². The van der Waals surface area contributed by atoms with Gasteiger partial charge in [-0.3, -0.25) is 4.79 Å². The number of ether oxygens (including phenoxy) is 1. The third kappa shape index (κ3) is 5.03. The minimum absolute atomic E-state index is 0.0767. The molecule has 190 valence electrons. The smallest absolute Gasteiger partial charge is 0.321 e. The molecule has 2 aliphatic rings. The number of hydrogen-bond acceptors (Lipinski definition) is 4. The van der Waals surface area contributed by atoms with E-state index in [1.165, 1.54) is 5.56 Å². The van der Waals surface area contributed by atoms with Crippen LogP contribution in [-0.4, -0.2) is 64.1 Å². The number of fused-ring (bicyclic) bond motifs is 1. The molecule has 5 rings (SSSR count). The summed E-state index contributed by atoms with van der Waals surface area (Å²) in [6, 6.07) is 11.6. The van der Waals surface area contributed by atoms with Crippen molar-refractivity contribution in [2.24, 2.45) is 5.92 Å². The second kappa shape index (κ2) is 10.6. The zero-order valence-corrected chi connectivity index (χ0v) is 21.2. The van der Waals surface area contributed by atoms with E-state index in [4.69, 9.17) is 4.74 Å². The Kier molecular flexibility index (Phi) is 7.11. The van der Waals surface area contributed by atoms with Crippen molar-refractivity contribution in [3.63, 3.8) is 0 Å². The van der Waals surface area contributed by atoms with Crippen LogP contribution in [0, 0.1) is 5.92 Å². The maximum atomic E-state index is 13.2. The van der Waals surface area contributed by atoms with Gasteiger partial charge in [0.05, 0.1) is 29.6 Å². The van der Waals surface area contributed by atoms with Gasteiger partial charge < -0.3 is 19.9 Å². The van der Waals surface area contributed by atoms with Crippen molar-refractivity contribution in [2.45, 2.75) is 45.4 Å². The zero-order chi connectivity index (χ0) is 25.1. The van der Waals surface area contributed by atoms with Crippen LogP contribution < -0.4 is 10.1 Å². The van der Waals surface area contributed by atoms with Crippen molar-refractivity contribution in [2.75, 3.05) is 38.1 Å². The molecular weight excluding hydrogens is 454 g/mol. The van der Waals surface area contributed by atoms with Crippen LogP contribution in [0.5, 0.6) is 5.75 Å². The van der Waals surface area contributed by atoms with Crippen LogP contribution >= 0.6 is 0 Å². The Labute approximate surface area is 212 Å². The molecule has 2 aromatic heterocycles. The Morgan fingerprint density at radius 3 is 2.50 bits per heavy atom. The van der Waals surface area contributed by atoms with E-state index in [1.54, 1.807) is 10.7 Å². The van der Waals surface area contributed by atoms with Gasteiger partial charge >= 0.3 is 6.03 Å². The first-order valence-corrected chi connectivity index (χ1v) is 13.1. The number of anilines is 1. The summed E-state index contributed by atoms with van der Waals surface area (Å²) in [6.45, 7) is 7.70. The van der Waals surface area contributed by atoms with Crippen molar-refractivity contribution in [3.05, 3.63) is 59.9 Å². The van der Waals surface area contributed by atoms with Crippen molar-refractivity contribution < 1.29 is 14.3 Å². The average Bonchev–Trinajstić information content (AvgIpc) is 3.33. The number of nitrogens with zero attached hydrogens (tertiary/aromatic N) is 4. The minimum atomic E-state index is -0.101. The summed E-state index contributed by atoms with van der Waals surface area (Å²) in [6.07, 6.45) is 7.51. The number of carbonyl (C=O) groups excluding carboxylic acids is 2. The predicted octanol–water partition coefficient (Wildman–Crippen LogP) is 5.02. The molecule has 0 bridgehead atoms. The van der Waals surface area contributed by atoms with E-state index in [9.17, 15) is 9.59 Å². The van der Waals surface area contributed by atoms with Crippen molar-refractivity contribution in [1.82, 2.24) is 19.4 Å². The lowest BCUT2D eigenvalue weighted by molar-refractivity contribution is 0.0699. The number of para-hydroxylation sites is 2. The minimum Gasteiger partial charge on any atom is -0.492 e. The molecule has 0 radical (unpaired) electrons. The normalized spacial score (nSPS) is 17.4. The Hall–Kier alpha value is -3.55. The average molecular weight is 490 g/mol. The summed E-state index contributed by atoms with van der Waals surface area (Å²) < 4.78 is 7.42. The Morgan fingerprint density at radius 2 is 1.75 bits per heavy atom. The molecule has 0 atom stereocenters. The standard InChI is InChI=1S/C28H35N5O3/c1-3-36-26-7-5-4-6-24(26)30-28(35)32-15-10-21(11-16-32)22-12-17-33-25(18-22)23(19-29-33)27(34)31-13-8-20(2)9-14-31/h4-7,12,17-21H,3,8-11,13-16H2,1-2H3,(H,30,35). The second-order valence-electron chi connectivity index (χ2n) is 9.94. The van der Waals surface area contributed by atoms with Crippen LogP contribution in [-0.2, 0) is 0 Å². The number of hydrogen-bond donors (Lipinski definition) is 1. The number of piperidine rings is 2. The summed E-state index contributed by atoms with van der Waals surface area (Å²) in [5.41, 5.74) is 3.43. The Morgan fingerprint density at radius 1 is 1.03 bits per heavy atom. The molecule has 2 saturated heterocycles. The molecule has 0 saturated carbocycles. The molecule has 4 heterocycles. The monoisotopic (exact) mass is 489 g/mol. The lowest BCUT2D eigenvalue weighted by Gasteiger charge is -2.32. The van der Waals surface area contributed by atoms with Crippen LogP contribution in [0.4, 0.5) is 10.5 Å². The van der Waals surface area contributed by atoms with Gasteiger partial charge in [-0.1, -0.05) is 19.1 Å². The quantitative estimate of drug-likeness (QED) is 0.546. The maximum Gasteiger partial charge on any atom is 0.321 e. The molecule has 1 N–H and O–H groups in total. The third-order valence-corrected chi connectivity index (χ3v) is 7.53. The van der Waals surface area contributed by atoms with Gasteiger partial charge in [0, 0.05) is 32.4 Å². The number of carbonyl (C=O) groups is 2. The van der Waals surface area contributed by atoms with E-state index in [-0.39, 0.29) is 11.9 Å². The fourth-order valence-electron chi connectivity index (χ4n) is 5.26. The molecule has 8 nitrogen and oxygen atoms in total. The first-order chi connectivity index (χ1) is 17.5. The number of rotatable bonds is 5. The number of amides is 3. The molecular formula is C28H35N5O3. The largest absolute Gasteiger partial charge is 0.492 e. The lowest BCUT2D eigenvalue weighted by atomic mass is 9.89. The van der Waals surface area contributed by atoms with Gasteiger partial charge in [0.2, 0.25) is 0 Å². The van der Waals surface area contributed by atoms with Gasteiger partial charge in [-0.2, -0.15) is 5.10 Å². The molecule has 3 aromatic rings. The fraction of sp³-hybridized carbons (Fsp3) is 0.464. The van der Waals surface area contributed by atoms with Gasteiger partial charge in [-0.05, 0) is 74.3 Å². The maximum absolute atomic E-state index is 13.2. The van der Waals surface area contributed by atoms with Crippen LogP contribution in [0.25, 0.3) is 5.52 Å². The predicted molar refractivity (Wildman–Crippen MR) is 140 cm³/mol. The molecule has 3 amide bonds. The number of nitrogens with one attached hydrogen (secondary N) is 1. The van der Waals surface area contributed by atoms with Crippen LogP contribution in [0.2, 0.25) is 0 Å². The highest BCUT2D eigenvalue weighted by atomic mass is 16.5. The topological polar surface area (TPSA) is 79.2 Å². The number of benzene rings is 1. The SMILES string of the molecule is CCOc1ccccc1NC(=O)N1CCC(c2ccn3ncc(C(=O)N4CCC(C)CC4)c3c2)CC1. The van der Waals surface area contributed by atoms with Gasteiger partial charge in [-0.25, -0.2) is 9.31 Å². The lowest BCUT2D eigenvalue weighted by Crippen LogP contribution is -2.40. The highest BCUT2D eigenvalue weighted by Crippen LogP contribution is 2.31. The van der Waals surface area contributed by atoms with Crippen LogP contribution in [0.3, 0.4) is 0 Å². The van der Waals surface area contributed by atoms with E-state index in [0.29, 0.717) is 48.5 Å². The first kappa shape index (κ1) is 24.2. The fourth-order valence-corrected chi connectivity index (χ4v) is 5.26. The van der Waals surface area contributed by atoms with Gasteiger partial charge in [0.25, 0.3) is 5.91 Å². The number of likely N-dealkylation sites (tertiary alicyclic amines) is 2. The van der Waals surface area contributed by atoms with E-state index in [1.807, 2.05) is 47.2 Å². The molecule has 8 heteroatoms. The van der Waals surface area contributed by atoms with Crippen molar-refractivity contribution in [3.8, 4) is 5.75 Å². The summed E-state index contributed by atoms with van der Waals surface area (Å²) >= 11 is 0. The third-order valence-electron chi connectivity index (χ3n) is 7.53. The Balaban J connectivity index is 1.24. The van der Waals surface area contributed by atoms with Gasteiger partial charge in [0.15, 0.2) is 0 Å². The number of pyridine rings is 1. The molecule has 2 fully saturated rings. The summed E-state index contributed by atoms with van der Waals surface area (Å²) in [5.74, 6) is 1.77. The van der Waals surface area contributed by atoms with E-state index < -0.39 is 0 Å². The molecule has 0 spiro atoms. The summed E-state index contributed by atoms with van der Waals surface area (Å²) in [5, 5.41) is 7.43. The number of aromatic nitrogens is 2. The molecule has 2 aliphatic heterocycles. The zero-order valence-electron chi connectivity index (χ0n) is 21.2. The molecule has 0 aliphatic carbocycles. The molecule has 0 unspecified atom stereocenters. The molecule has 1 aromatic carbocycles. The summed E-state index contributed by atoms with van der Waals surface area (Å²) in [4.78, 5) is 29.9. The summed E-state index contributed by atoms with van der Waals surface area (Å²) in [7, 11) is 0.